The van der Waals surface area contributed by atoms with Crippen molar-refractivity contribution in [3.05, 3.63) is 97.1 Å². The van der Waals surface area contributed by atoms with Gasteiger partial charge in [-0.05, 0) is 39.7 Å². The summed E-state index contributed by atoms with van der Waals surface area (Å²) < 4.78 is 4.71. The van der Waals surface area contributed by atoms with E-state index in [0.29, 0.717) is 0 Å². The first-order chi connectivity index (χ1) is 16.7. The molecular weight excluding hydrogens is 427 g/mol. The van der Waals surface area contributed by atoms with E-state index >= 15 is 0 Å². The van der Waals surface area contributed by atoms with Gasteiger partial charge in [0, 0.05) is 50.4 Å². The standard InChI is InChI=1S/C31H19N2.Al/c1-33-30-22-9-5-4-6-18(22)10-12-23(30)24-14-15-27-28(31(24)33)25-13-11-21-16-19-7-2-3-8-20(19)17-26(21)29(25)32-27;/h2-17H,1H3;/q-1;+1. The average Bonchev–Trinajstić information content (AvgIpc) is 3.34. The normalized spacial score (nSPS) is 12.4. The maximum atomic E-state index is 2.98. The van der Waals surface area contributed by atoms with Crippen LogP contribution in [0.4, 0.5) is 0 Å². The van der Waals surface area contributed by atoms with Crippen LogP contribution >= 0.6 is 0 Å². The fourth-order valence-electron chi connectivity index (χ4n) is 6.14. The third-order valence-corrected chi connectivity index (χ3v) is 8.18. The van der Waals surface area contributed by atoms with Gasteiger partial charge < -0.3 is 8.12 Å². The van der Waals surface area contributed by atoms with E-state index in [0.717, 1.165) is 0 Å². The van der Waals surface area contributed by atoms with Crippen molar-refractivity contribution in [2.24, 2.45) is 7.05 Å². The van der Waals surface area contributed by atoms with Crippen LogP contribution in [0, 0.1) is 0 Å². The fourth-order valence-corrected chi connectivity index (χ4v) is 6.63. The highest BCUT2D eigenvalue weighted by atomic mass is 27.1. The molecule has 0 aliphatic heterocycles. The van der Waals surface area contributed by atoms with Crippen molar-refractivity contribution in [1.29, 1.82) is 0 Å². The van der Waals surface area contributed by atoms with Crippen molar-refractivity contribution in [3.8, 4) is 0 Å². The molecule has 2 heterocycles. The molecule has 0 aliphatic rings. The number of fused-ring (bicyclic) bond motifs is 12. The van der Waals surface area contributed by atoms with Crippen LogP contribution in [-0.2, 0) is 7.05 Å². The van der Waals surface area contributed by atoms with Crippen LogP contribution < -0.4 is 0 Å². The Labute approximate surface area is 204 Å². The lowest BCUT2D eigenvalue weighted by atomic mass is 10.0. The second-order valence-corrected chi connectivity index (χ2v) is 9.87. The Morgan fingerprint density at radius 1 is 0.500 bits per heavy atom. The van der Waals surface area contributed by atoms with Gasteiger partial charge in [0.2, 0.25) is 0 Å². The first-order valence-electron chi connectivity index (χ1n) is 11.6. The highest BCUT2D eigenvalue weighted by Crippen LogP contribution is 2.42. The third kappa shape index (κ3) is 2.21. The molecule has 0 atom stereocenters. The van der Waals surface area contributed by atoms with Crippen LogP contribution in [-0.4, -0.2) is 24.6 Å². The zero-order valence-electron chi connectivity index (χ0n) is 18.7. The van der Waals surface area contributed by atoms with Crippen molar-refractivity contribution < 1.29 is 0 Å². The van der Waals surface area contributed by atoms with Crippen LogP contribution in [0.25, 0.3) is 75.9 Å². The maximum Gasteiger partial charge on any atom is 0.318 e. The second kappa shape index (κ2) is 6.42. The van der Waals surface area contributed by atoms with E-state index < -0.39 is 0 Å². The molecule has 2 aromatic heterocycles. The number of hydrogen-bond acceptors (Lipinski definition) is 0. The third-order valence-electron chi connectivity index (χ3n) is 7.64. The summed E-state index contributed by atoms with van der Waals surface area (Å²) in [5, 5.41) is 13.0. The molecule has 3 heteroatoms. The number of benzene rings is 6. The van der Waals surface area contributed by atoms with Gasteiger partial charge in [-0.3, -0.25) is 0 Å². The molecule has 34 heavy (non-hydrogen) atoms. The van der Waals surface area contributed by atoms with Crippen LogP contribution in [0.15, 0.2) is 97.1 Å². The Kier molecular flexibility index (Phi) is 3.52. The van der Waals surface area contributed by atoms with Crippen molar-refractivity contribution in [2.45, 2.75) is 0 Å². The van der Waals surface area contributed by atoms with Gasteiger partial charge in [-0.15, -0.1) is 0 Å². The summed E-state index contributed by atoms with van der Waals surface area (Å²) in [7, 11) is 2.22. The lowest BCUT2D eigenvalue weighted by Gasteiger charge is -2.07. The van der Waals surface area contributed by atoms with E-state index in [9.17, 15) is 0 Å². The molecule has 0 saturated heterocycles. The molecule has 2 nitrogen and oxygen atoms in total. The Balaban J connectivity index is 1.62. The molecule has 0 unspecified atom stereocenters. The van der Waals surface area contributed by atoms with E-state index in [1.165, 1.54) is 75.9 Å². The van der Waals surface area contributed by atoms with Gasteiger partial charge in [0.05, 0.1) is 11.0 Å². The van der Waals surface area contributed by atoms with Crippen LogP contribution in [0.2, 0.25) is 0 Å². The summed E-state index contributed by atoms with van der Waals surface area (Å²) in [6, 6.07) is 35.7. The van der Waals surface area contributed by atoms with E-state index in [4.69, 9.17) is 0 Å². The molecule has 8 aromatic rings. The van der Waals surface area contributed by atoms with Gasteiger partial charge in [-0.25, -0.2) is 0 Å². The lowest BCUT2D eigenvalue weighted by Crippen LogP contribution is -1.92. The quantitative estimate of drug-likeness (QED) is 0.166. The Morgan fingerprint density at radius 3 is 2.00 bits per heavy atom. The molecular formula is C31H19AlN2. The van der Waals surface area contributed by atoms with Crippen molar-refractivity contribution in [1.82, 2.24) is 8.12 Å². The largest absolute Gasteiger partial charge is 0.451 e. The minimum absolute atomic E-state index is 1.24. The summed E-state index contributed by atoms with van der Waals surface area (Å²) in [4.78, 5) is 0. The van der Waals surface area contributed by atoms with Crippen LogP contribution in [0.5, 0.6) is 0 Å². The minimum Gasteiger partial charge on any atom is -0.451 e. The Hall–Kier alpha value is -3.77. The Morgan fingerprint density at radius 2 is 1.15 bits per heavy atom. The first kappa shape index (κ1) is 18.6. The average molecular weight is 446 g/mol. The van der Waals surface area contributed by atoms with Gasteiger partial charge in [0.1, 0.15) is 0 Å². The molecule has 8 rings (SSSR count). The predicted molar refractivity (Wildman–Crippen MR) is 147 cm³/mol. The molecule has 0 spiro atoms. The smallest absolute Gasteiger partial charge is 0.318 e. The number of aromatic nitrogens is 2. The van der Waals surface area contributed by atoms with Crippen LogP contribution in [0.1, 0.15) is 0 Å². The van der Waals surface area contributed by atoms with E-state index in [2.05, 4.69) is 129 Å². The summed E-state index contributed by atoms with van der Waals surface area (Å²) >= 11 is 2.98. The monoisotopic (exact) mass is 446 g/mol. The Bertz CT molecular complexity index is 2140. The maximum absolute atomic E-state index is 2.98. The first-order valence-corrected chi connectivity index (χ1v) is 12.2. The topological polar surface area (TPSA) is 9.86 Å². The lowest BCUT2D eigenvalue weighted by molar-refractivity contribution is 1.02. The predicted octanol–water partition coefficient (Wildman–Crippen LogP) is 7.83. The molecule has 156 valence electrons. The molecule has 6 aromatic carbocycles. The summed E-state index contributed by atoms with van der Waals surface area (Å²) in [6.07, 6.45) is 0. The fraction of sp³-hybridized carbons (Fsp3) is 0.0323. The zero-order chi connectivity index (χ0) is 22.6. The molecule has 0 N–H and O–H groups in total. The summed E-state index contributed by atoms with van der Waals surface area (Å²) in [5.74, 6) is 0. The van der Waals surface area contributed by atoms with Crippen molar-refractivity contribution in [3.63, 3.8) is 0 Å². The zero-order valence-corrected chi connectivity index (χ0v) is 19.9. The van der Waals surface area contributed by atoms with Gasteiger partial charge in [0.15, 0.2) is 0 Å². The van der Waals surface area contributed by atoms with Crippen molar-refractivity contribution in [2.75, 3.05) is 0 Å². The molecule has 0 fully saturated rings. The second-order valence-electron chi connectivity index (χ2n) is 9.35. The van der Waals surface area contributed by atoms with E-state index in [1.807, 2.05) is 0 Å². The van der Waals surface area contributed by atoms with Gasteiger partial charge in [0.25, 0.3) is 0 Å². The number of aryl methyl sites for hydroxylation is 1. The van der Waals surface area contributed by atoms with Gasteiger partial charge in [-0.2, -0.15) is 0 Å². The molecule has 0 aliphatic carbocycles. The van der Waals surface area contributed by atoms with Crippen LogP contribution in [0.3, 0.4) is 0 Å². The minimum atomic E-state index is 1.24. The molecule has 0 bridgehead atoms. The number of hydrogen-bond donors (Lipinski definition) is 0. The van der Waals surface area contributed by atoms with Gasteiger partial charge in [-0.1, -0.05) is 78.9 Å². The van der Waals surface area contributed by atoms with Gasteiger partial charge >= 0.3 is 16.5 Å². The SMILES string of the molecule is Cn1c2c3ccccc3ccc2c2ccc3c(c4ccc5cc6ccccc6cc5c4[n]3[Al])c21. The highest BCUT2D eigenvalue weighted by Gasteiger charge is 2.18. The number of nitrogens with zero attached hydrogens (tertiary/aromatic N) is 2. The molecule has 0 saturated carbocycles. The highest BCUT2D eigenvalue weighted by molar-refractivity contribution is 6.34. The summed E-state index contributed by atoms with van der Waals surface area (Å²) in [6.45, 7) is 0. The molecule has 0 amide bonds. The summed E-state index contributed by atoms with van der Waals surface area (Å²) in [5.41, 5.74) is 5.11. The number of rotatable bonds is 0. The van der Waals surface area contributed by atoms with Crippen molar-refractivity contribution >= 4 is 92.4 Å². The molecule has 2 radical (unpaired) electrons. The van der Waals surface area contributed by atoms with E-state index in [1.54, 1.807) is 0 Å². The van der Waals surface area contributed by atoms with E-state index in [-0.39, 0.29) is 0 Å².